The van der Waals surface area contributed by atoms with Crippen molar-refractivity contribution in [2.45, 2.75) is 58.8 Å². The lowest BCUT2D eigenvalue weighted by atomic mass is 10.0. The molecule has 0 saturated heterocycles. The topological polar surface area (TPSA) is 90.7 Å². The molecule has 0 aliphatic rings. The second-order valence-electron chi connectivity index (χ2n) is 6.02. The molecule has 0 saturated carbocycles. The zero-order chi connectivity index (χ0) is 18.8. The molecule has 7 heteroatoms. The number of nitrogens with zero attached hydrogens (tertiary/aromatic N) is 1. The Balaban J connectivity index is 2.80. The van der Waals surface area contributed by atoms with Gasteiger partial charge < -0.3 is 14.8 Å². The second-order valence-corrected chi connectivity index (χ2v) is 6.02. The molecule has 140 valence electrons. The van der Waals surface area contributed by atoms with Gasteiger partial charge in [0.1, 0.15) is 0 Å². The van der Waals surface area contributed by atoms with Crippen molar-refractivity contribution < 1.29 is 19.2 Å². The van der Waals surface area contributed by atoms with Gasteiger partial charge in [0, 0.05) is 32.7 Å². The van der Waals surface area contributed by atoms with Gasteiger partial charge in [-0.1, -0.05) is 13.0 Å². The minimum atomic E-state index is -0.404. The van der Waals surface area contributed by atoms with E-state index in [0.29, 0.717) is 31.6 Å². The van der Waals surface area contributed by atoms with E-state index in [1.165, 1.54) is 6.07 Å². The van der Waals surface area contributed by atoms with Crippen LogP contribution < -0.4 is 5.32 Å². The van der Waals surface area contributed by atoms with Gasteiger partial charge in [-0.25, -0.2) is 0 Å². The molecule has 1 rings (SSSR count). The lowest BCUT2D eigenvalue weighted by molar-refractivity contribution is -0.386. The van der Waals surface area contributed by atoms with E-state index in [0.717, 1.165) is 12.0 Å². The monoisotopic (exact) mass is 352 g/mol. The Hall–Kier alpha value is -1.99. The summed E-state index contributed by atoms with van der Waals surface area (Å²) in [6.07, 6.45) is 1.50. The number of rotatable bonds is 11. The number of methoxy groups -OCH3 is 1. The quantitative estimate of drug-likeness (QED) is 0.374. The average Bonchev–Trinajstić information content (AvgIpc) is 2.59. The van der Waals surface area contributed by atoms with Gasteiger partial charge in [0.05, 0.1) is 22.7 Å². The number of nitrogens with one attached hydrogen (secondary N) is 1. The first-order valence-electron chi connectivity index (χ1n) is 8.57. The van der Waals surface area contributed by atoms with Crippen LogP contribution in [0.3, 0.4) is 0 Å². The number of ether oxygens (including phenoxy) is 2. The maximum absolute atomic E-state index is 11.8. The first-order valence-corrected chi connectivity index (χ1v) is 8.57. The Morgan fingerprint density at radius 2 is 2.08 bits per heavy atom. The number of benzene rings is 1. The standard InChI is InChI=1S/C18H28N2O5/c1-5-13(2)25-14(3)16-11-15(8-9-17(16)20(22)23)12-19-18(21)7-6-10-24-4/h8-9,11,13-14H,5-7,10,12H2,1-4H3,(H,19,21). The maximum atomic E-state index is 11.8. The highest BCUT2D eigenvalue weighted by atomic mass is 16.6. The number of carbonyl (C=O) groups is 1. The molecule has 0 aliphatic carbocycles. The highest BCUT2D eigenvalue weighted by molar-refractivity contribution is 5.75. The lowest BCUT2D eigenvalue weighted by Gasteiger charge is -2.19. The van der Waals surface area contributed by atoms with Crippen LogP contribution in [0, 0.1) is 10.1 Å². The molecule has 0 spiro atoms. The van der Waals surface area contributed by atoms with Crippen LogP contribution in [0.25, 0.3) is 0 Å². The van der Waals surface area contributed by atoms with E-state index in [9.17, 15) is 14.9 Å². The van der Waals surface area contributed by atoms with E-state index < -0.39 is 11.0 Å². The van der Waals surface area contributed by atoms with Crippen molar-refractivity contribution in [3.05, 3.63) is 39.4 Å². The zero-order valence-corrected chi connectivity index (χ0v) is 15.4. The molecule has 1 amide bonds. The molecule has 25 heavy (non-hydrogen) atoms. The number of hydrogen-bond donors (Lipinski definition) is 1. The van der Waals surface area contributed by atoms with Crippen LogP contribution in [0.5, 0.6) is 0 Å². The van der Waals surface area contributed by atoms with E-state index in [1.54, 1.807) is 19.2 Å². The van der Waals surface area contributed by atoms with E-state index in [4.69, 9.17) is 9.47 Å². The lowest BCUT2D eigenvalue weighted by Crippen LogP contribution is -2.23. The summed E-state index contributed by atoms with van der Waals surface area (Å²) in [5.41, 5.74) is 1.36. The number of nitro groups is 1. The molecule has 0 bridgehead atoms. The molecular formula is C18H28N2O5. The smallest absolute Gasteiger partial charge is 0.275 e. The maximum Gasteiger partial charge on any atom is 0.275 e. The molecule has 0 radical (unpaired) electrons. The van der Waals surface area contributed by atoms with Crippen molar-refractivity contribution in [2.24, 2.45) is 0 Å². The molecule has 0 fully saturated rings. The molecule has 1 aromatic rings. The second kappa shape index (κ2) is 10.8. The first kappa shape index (κ1) is 21.1. The fraction of sp³-hybridized carbons (Fsp3) is 0.611. The van der Waals surface area contributed by atoms with Crippen LogP contribution in [0.15, 0.2) is 18.2 Å². The summed E-state index contributed by atoms with van der Waals surface area (Å²) >= 11 is 0. The average molecular weight is 352 g/mol. The van der Waals surface area contributed by atoms with Gasteiger partial charge in [0.2, 0.25) is 5.91 Å². The Morgan fingerprint density at radius 3 is 2.68 bits per heavy atom. The molecule has 2 unspecified atom stereocenters. The van der Waals surface area contributed by atoms with E-state index in [1.807, 2.05) is 20.8 Å². The van der Waals surface area contributed by atoms with E-state index in [2.05, 4.69) is 5.32 Å². The van der Waals surface area contributed by atoms with Crippen molar-refractivity contribution in [1.82, 2.24) is 5.32 Å². The van der Waals surface area contributed by atoms with Crippen LogP contribution >= 0.6 is 0 Å². The number of amides is 1. The van der Waals surface area contributed by atoms with Crippen molar-refractivity contribution >= 4 is 11.6 Å². The number of hydrogen-bond acceptors (Lipinski definition) is 5. The minimum Gasteiger partial charge on any atom is -0.385 e. The molecular weight excluding hydrogens is 324 g/mol. The summed E-state index contributed by atoms with van der Waals surface area (Å²) in [6, 6.07) is 4.87. The Kier molecular flexibility index (Phi) is 9.08. The normalized spacial score (nSPS) is 13.3. The van der Waals surface area contributed by atoms with Crippen molar-refractivity contribution in [2.75, 3.05) is 13.7 Å². The van der Waals surface area contributed by atoms with Gasteiger partial charge in [0.15, 0.2) is 0 Å². The van der Waals surface area contributed by atoms with Gasteiger partial charge in [0.25, 0.3) is 5.69 Å². The largest absolute Gasteiger partial charge is 0.385 e. The van der Waals surface area contributed by atoms with Crippen LogP contribution in [0.4, 0.5) is 5.69 Å². The van der Waals surface area contributed by atoms with Gasteiger partial charge in [-0.15, -0.1) is 0 Å². The summed E-state index contributed by atoms with van der Waals surface area (Å²) in [5, 5.41) is 14.1. The van der Waals surface area contributed by atoms with E-state index in [-0.39, 0.29) is 17.7 Å². The zero-order valence-electron chi connectivity index (χ0n) is 15.4. The summed E-state index contributed by atoms with van der Waals surface area (Å²) in [4.78, 5) is 22.6. The van der Waals surface area contributed by atoms with Gasteiger partial charge >= 0.3 is 0 Å². The SMILES string of the molecule is CCC(C)OC(C)c1cc(CNC(=O)CCCOC)ccc1[N+](=O)[O-]. The van der Waals surface area contributed by atoms with Gasteiger partial charge in [-0.3, -0.25) is 14.9 Å². The molecule has 2 atom stereocenters. The summed E-state index contributed by atoms with van der Waals surface area (Å²) in [5.74, 6) is -0.0687. The summed E-state index contributed by atoms with van der Waals surface area (Å²) in [6.45, 7) is 6.61. The third kappa shape index (κ3) is 7.19. The number of nitro benzene ring substituents is 1. The highest BCUT2D eigenvalue weighted by Gasteiger charge is 2.21. The van der Waals surface area contributed by atoms with Crippen LogP contribution in [-0.2, 0) is 20.8 Å². The molecule has 0 aliphatic heterocycles. The fourth-order valence-corrected chi connectivity index (χ4v) is 2.39. The Morgan fingerprint density at radius 1 is 1.36 bits per heavy atom. The molecule has 0 heterocycles. The fourth-order valence-electron chi connectivity index (χ4n) is 2.39. The third-order valence-corrected chi connectivity index (χ3v) is 3.98. The summed E-state index contributed by atoms with van der Waals surface area (Å²) < 4.78 is 10.7. The third-order valence-electron chi connectivity index (χ3n) is 3.98. The molecule has 1 N–H and O–H groups in total. The number of carbonyl (C=O) groups excluding carboxylic acids is 1. The first-order chi connectivity index (χ1) is 11.9. The van der Waals surface area contributed by atoms with Gasteiger partial charge in [-0.2, -0.15) is 0 Å². The van der Waals surface area contributed by atoms with Crippen molar-refractivity contribution in [1.29, 1.82) is 0 Å². The molecule has 7 nitrogen and oxygen atoms in total. The van der Waals surface area contributed by atoms with Crippen molar-refractivity contribution in [3.63, 3.8) is 0 Å². The highest BCUT2D eigenvalue weighted by Crippen LogP contribution is 2.29. The summed E-state index contributed by atoms with van der Waals surface area (Å²) in [7, 11) is 1.60. The van der Waals surface area contributed by atoms with E-state index >= 15 is 0 Å². The predicted octanol–water partition coefficient (Wildman–Crippen LogP) is 3.51. The predicted molar refractivity (Wildman–Crippen MR) is 95.3 cm³/mol. The van der Waals surface area contributed by atoms with Crippen molar-refractivity contribution in [3.8, 4) is 0 Å². The Labute approximate surface area is 148 Å². The van der Waals surface area contributed by atoms with Crippen LogP contribution in [0.2, 0.25) is 0 Å². The minimum absolute atomic E-state index is 0.0127. The Bertz CT molecular complexity index is 577. The van der Waals surface area contributed by atoms with Crippen LogP contribution in [-0.4, -0.2) is 30.7 Å². The molecule has 1 aromatic carbocycles. The van der Waals surface area contributed by atoms with Gasteiger partial charge in [-0.05, 0) is 38.3 Å². The van der Waals surface area contributed by atoms with Crippen LogP contribution in [0.1, 0.15) is 57.3 Å². The molecule has 0 aromatic heterocycles.